The summed E-state index contributed by atoms with van der Waals surface area (Å²) in [5, 5.41) is 5.80. The summed E-state index contributed by atoms with van der Waals surface area (Å²) >= 11 is 0. The van der Waals surface area contributed by atoms with Crippen molar-refractivity contribution in [1.29, 1.82) is 0 Å². The average molecular weight is 378 g/mol. The third kappa shape index (κ3) is 4.35. The Bertz CT molecular complexity index is 841. The van der Waals surface area contributed by atoms with Crippen LogP contribution in [0.1, 0.15) is 55.6 Å². The Kier molecular flexibility index (Phi) is 5.60. The second-order valence-corrected chi connectivity index (χ2v) is 7.63. The lowest BCUT2D eigenvalue weighted by molar-refractivity contribution is -0.126. The predicted molar refractivity (Wildman–Crippen MR) is 108 cm³/mol. The van der Waals surface area contributed by atoms with Crippen LogP contribution in [0.4, 0.5) is 5.69 Å². The third-order valence-electron chi connectivity index (χ3n) is 5.56. The number of para-hydroxylation sites is 1. The highest BCUT2D eigenvalue weighted by Crippen LogP contribution is 2.32. The smallest absolute Gasteiger partial charge is 0.228 e. The molecule has 1 fully saturated rings. The first kappa shape index (κ1) is 18.5. The molecule has 5 nitrogen and oxygen atoms in total. The molecule has 0 aromatic heterocycles. The van der Waals surface area contributed by atoms with Gasteiger partial charge < -0.3 is 15.4 Å². The molecule has 0 radical (unpaired) electrons. The number of hydrogen-bond donors (Lipinski definition) is 2. The number of hydrogen-bond acceptors (Lipinski definition) is 3. The Morgan fingerprint density at radius 2 is 1.79 bits per heavy atom. The number of fused-ring (bicyclic) bond motifs is 1. The summed E-state index contributed by atoms with van der Waals surface area (Å²) in [7, 11) is 0. The van der Waals surface area contributed by atoms with Gasteiger partial charge in [0.1, 0.15) is 5.75 Å². The largest absolute Gasteiger partial charge is 0.490 e. The number of amides is 2. The minimum absolute atomic E-state index is 0.121. The first-order valence-corrected chi connectivity index (χ1v) is 10.1. The fourth-order valence-corrected chi connectivity index (χ4v) is 4.02. The van der Waals surface area contributed by atoms with Gasteiger partial charge in [0.25, 0.3) is 0 Å². The van der Waals surface area contributed by atoms with Crippen LogP contribution in [0.5, 0.6) is 5.75 Å². The van der Waals surface area contributed by atoms with Gasteiger partial charge in [-0.2, -0.15) is 0 Å². The van der Waals surface area contributed by atoms with Crippen molar-refractivity contribution in [2.45, 2.75) is 57.1 Å². The van der Waals surface area contributed by atoms with Crippen molar-refractivity contribution in [2.24, 2.45) is 0 Å². The van der Waals surface area contributed by atoms with Gasteiger partial charge >= 0.3 is 0 Å². The van der Waals surface area contributed by atoms with Crippen LogP contribution in [0, 0.1) is 0 Å². The standard InChI is InChI=1S/C23H26N2O3/c26-22-14-20(19-8-4-5-9-21(19)25-22)23(27)24-15-16-10-12-18(13-11-16)28-17-6-2-1-3-7-17/h4-5,8-13,17,20H,1-3,6-7,14-15H2,(H,24,27)(H,25,26). The molecule has 2 aromatic carbocycles. The lowest BCUT2D eigenvalue weighted by Crippen LogP contribution is -2.34. The maximum Gasteiger partial charge on any atom is 0.228 e. The van der Waals surface area contributed by atoms with E-state index in [1.165, 1.54) is 19.3 Å². The molecule has 28 heavy (non-hydrogen) atoms. The van der Waals surface area contributed by atoms with E-state index in [1.807, 2.05) is 48.5 Å². The fraction of sp³-hybridized carbons (Fsp3) is 0.391. The number of benzene rings is 2. The zero-order chi connectivity index (χ0) is 19.3. The number of carbonyl (C=O) groups excluding carboxylic acids is 2. The molecule has 0 bridgehead atoms. The topological polar surface area (TPSA) is 67.4 Å². The molecule has 5 heteroatoms. The van der Waals surface area contributed by atoms with Crippen LogP contribution in [0.3, 0.4) is 0 Å². The van der Waals surface area contributed by atoms with Gasteiger partial charge in [0.05, 0.1) is 12.0 Å². The van der Waals surface area contributed by atoms with Crippen LogP contribution in [0.2, 0.25) is 0 Å². The lowest BCUT2D eigenvalue weighted by Gasteiger charge is -2.25. The maximum atomic E-state index is 12.7. The number of ether oxygens (including phenoxy) is 1. The Hall–Kier alpha value is -2.82. The Labute approximate surface area is 165 Å². The van der Waals surface area contributed by atoms with Crippen molar-refractivity contribution in [2.75, 3.05) is 5.32 Å². The molecule has 0 saturated heterocycles. The molecule has 1 unspecified atom stereocenters. The molecule has 2 aliphatic rings. The Morgan fingerprint density at radius 1 is 1.04 bits per heavy atom. The molecule has 1 saturated carbocycles. The fourth-order valence-electron chi connectivity index (χ4n) is 4.02. The molecule has 1 atom stereocenters. The van der Waals surface area contributed by atoms with E-state index in [2.05, 4.69) is 10.6 Å². The van der Waals surface area contributed by atoms with Crippen molar-refractivity contribution in [3.8, 4) is 5.75 Å². The zero-order valence-electron chi connectivity index (χ0n) is 15.9. The van der Waals surface area contributed by atoms with E-state index in [1.54, 1.807) is 0 Å². The highest BCUT2D eigenvalue weighted by Gasteiger charge is 2.30. The summed E-state index contributed by atoms with van der Waals surface area (Å²) in [6, 6.07) is 15.4. The molecular formula is C23H26N2O3. The van der Waals surface area contributed by atoms with Crippen molar-refractivity contribution in [1.82, 2.24) is 5.32 Å². The van der Waals surface area contributed by atoms with Gasteiger partial charge in [-0.15, -0.1) is 0 Å². The second kappa shape index (κ2) is 8.46. The van der Waals surface area contributed by atoms with Crippen molar-refractivity contribution in [3.63, 3.8) is 0 Å². The average Bonchev–Trinajstić information content (AvgIpc) is 2.73. The molecule has 2 N–H and O–H groups in total. The molecule has 4 rings (SSSR count). The summed E-state index contributed by atoms with van der Waals surface area (Å²) < 4.78 is 6.05. The lowest BCUT2D eigenvalue weighted by atomic mass is 9.90. The van der Waals surface area contributed by atoms with Gasteiger partial charge in [-0.3, -0.25) is 9.59 Å². The zero-order valence-corrected chi connectivity index (χ0v) is 15.9. The number of nitrogens with one attached hydrogen (secondary N) is 2. The summed E-state index contributed by atoms with van der Waals surface area (Å²) in [4.78, 5) is 24.6. The van der Waals surface area contributed by atoms with Crippen LogP contribution in [-0.4, -0.2) is 17.9 Å². The normalized spacial score (nSPS) is 19.4. The van der Waals surface area contributed by atoms with Gasteiger partial charge in [-0.25, -0.2) is 0 Å². The minimum atomic E-state index is -0.446. The van der Waals surface area contributed by atoms with Gasteiger partial charge in [0.15, 0.2) is 0 Å². The monoisotopic (exact) mass is 378 g/mol. The van der Waals surface area contributed by atoms with E-state index in [0.29, 0.717) is 12.6 Å². The van der Waals surface area contributed by atoms with Crippen LogP contribution in [-0.2, 0) is 16.1 Å². The van der Waals surface area contributed by atoms with Crippen molar-refractivity contribution >= 4 is 17.5 Å². The van der Waals surface area contributed by atoms with E-state index < -0.39 is 5.92 Å². The van der Waals surface area contributed by atoms with Crippen molar-refractivity contribution < 1.29 is 14.3 Å². The highest BCUT2D eigenvalue weighted by atomic mass is 16.5. The van der Waals surface area contributed by atoms with Crippen molar-refractivity contribution in [3.05, 3.63) is 59.7 Å². The minimum Gasteiger partial charge on any atom is -0.490 e. The maximum absolute atomic E-state index is 12.7. The summed E-state index contributed by atoms with van der Waals surface area (Å²) in [6.45, 7) is 0.433. The van der Waals surface area contributed by atoms with Gasteiger partial charge in [0.2, 0.25) is 11.8 Å². The number of carbonyl (C=O) groups is 2. The molecule has 2 aromatic rings. The van der Waals surface area contributed by atoms with E-state index in [-0.39, 0.29) is 18.2 Å². The second-order valence-electron chi connectivity index (χ2n) is 7.63. The predicted octanol–water partition coefficient (Wildman–Crippen LogP) is 4.14. The summed E-state index contributed by atoms with van der Waals surface area (Å²) in [5.74, 6) is 0.201. The molecular weight excluding hydrogens is 352 g/mol. The van der Waals surface area contributed by atoms with E-state index in [0.717, 1.165) is 35.4 Å². The summed E-state index contributed by atoms with van der Waals surface area (Å²) in [6.07, 6.45) is 6.58. The molecule has 2 amide bonds. The van der Waals surface area contributed by atoms with Gasteiger partial charge in [-0.1, -0.05) is 36.8 Å². The van der Waals surface area contributed by atoms with E-state index in [9.17, 15) is 9.59 Å². The van der Waals surface area contributed by atoms with E-state index in [4.69, 9.17) is 4.74 Å². The SMILES string of the molecule is O=C1CC(C(=O)NCc2ccc(OC3CCCCC3)cc2)c2ccccc2N1. The number of anilines is 1. The van der Waals surface area contributed by atoms with Gasteiger partial charge in [-0.05, 0) is 55.0 Å². The molecule has 0 spiro atoms. The molecule has 1 aliphatic carbocycles. The van der Waals surface area contributed by atoms with E-state index >= 15 is 0 Å². The molecule has 1 heterocycles. The van der Waals surface area contributed by atoms with Crippen LogP contribution >= 0.6 is 0 Å². The number of rotatable bonds is 5. The molecule has 1 aliphatic heterocycles. The highest BCUT2D eigenvalue weighted by molar-refractivity contribution is 6.01. The van der Waals surface area contributed by atoms with Crippen LogP contribution < -0.4 is 15.4 Å². The Morgan fingerprint density at radius 3 is 2.57 bits per heavy atom. The third-order valence-corrected chi connectivity index (χ3v) is 5.56. The first-order valence-electron chi connectivity index (χ1n) is 10.1. The molecule has 146 valence electrons. The Balaban J connectivity index is 1.34. The first-order chi connectivity index (χ1) is 13.7. The van der Waals surface area contributed by atoms with Gasteiger partial charge in [0, 0.05) is 18.7 Å². The quantitative estimate of drug-likeness (QED) is 0.822. The summed E-state index contributed by atoms with van der Waals surface area (Å²) in [5.41, 5.74) is 2.61. The van der Waals surface area contributed by atoms with Crippen LogP contribution in [0.15, 0.2) is 48.5 Å². The van der Waals surface area contributed by atoms with Crippen LogP contribution in [0.25, 0.3) is 0 Å².